The van der Waals surface area contributed by atoms with Crippen molar-refractivity contribution in [1.82, 2.24) is 9.78 Å². The average molecular weight is 327 g/mol. The fraction of sp³-hybridized carbons (Fsp3) is 0.235. The second-order valence-corrected chi connectivity index (χ2v) is 5.43. The van der Waals surface area contributed by atoms with Crippen LogP contribution in [0.1, 0.15) is 32.3 Å². The lowest BCUT2D eigenvalue weighted by Crippen LogP contribution is -2.15. The molecule has 0 unspecified atom stereocenters. The zero-order valence-electron chi connectivity index (χ0n) is 13.8. The molecule has 0 spiro atoms. The van der Waals surface area contributed by atoms with Crippen molar-refractivity contribution in [2.45, 2.75) is 13.8 Å². The van der Waals surface area contributed by atoms with Crippen molar-refractivity contribution in [3.63, 3.8) is 0 Å². The van der Waals surface area contributed by atoms with E-state index in [1.165, 1.54) is 11.8 Å². The number of nitrogens with one attached hydrogen (secondary N) is 1. The number of hydrogen-bond donors (Lipinski definition) is 1. The first-order chi connectivity index (χ1) is 11.4. The van der Waals surface area contributed by atoms with Crippen molar-refractivity contribution in [3.05, 3.63) is 47.0 Å². The first-order valence-electron chi connectivity index (χ1n) is 7.35. The number of aryl methyl sites for hydroxylation is 2. The van der Waals surface area contributed by atoms with E-state index in [2.05, 4.69) is 10.4 Å². The minimum atomic E-state index is -0.615. The van der Waals surface area contributed by atoms with Gasteiger partial charge in [0.1, 0.15) is 5.58 Å². The minimum absolute atomic E-state index is 0.0552. The molecule has 0 aliphatic heterocycles. The highest BCUT2D eigenvalue weighted by Gasteiger charge is 2.25. The summed E-state index contributed by atoms with van der Waals surface area (Å²) in [6.07, 6.45) is 0. The fourth-order valence-electron chi connectivity index (χ4n) is 2.56. The summed E-state index contributed by atoms with van der Waals surface area (Å²) < 4.78 is 11.9. The summed E-state index contributed by atoms with van der Waals surface area (Å²) in [6.45, 7) is 3.57. The highest BCUT2D eigenvalue weighted by atomic mass is 16.5. The fourth-order valence-corrected chi connectivity index (χ4v) is 2.56. The van der Waals surface area contributed by atoms with Crippen molar-refractivity contribution < 1.29 is 18.7 Å². The third kappa shape index (κ3) is 2.44. The predicted molar refractivity (Wildman–Crippen MR) is 88.2 cm³/mol. The number of amides is 1. The number of carbonyl (C=O) groups excluding carboxylic acids is 2. The number of methoxy groups -OCH3 is 1. The molecule has 24 heavy (non-hydrogen) atoms. The lowest BCUT2D eigenvalue weighted by atomic mass is 10.1. The highest BCUT2D eigenvalue weighted by Crippen LogP contribution is 2.27. The van der Waals surface area contributed by atoms with Crippen LogP contribution in [0.4, 0.5) is 5.69 Å². The van der Waals surface area contributed by atoms with Crippen LogP contribution in [0.15, 0.2) is 28.7 Å². The molecule has 124 valence electrons. The van der Waals surface area contributed by atoms with Gasteiger partial charge in [0.25, 0.3) is 5.91 Å². The average Bonchev–Trinajstić information content (AvgIpc) is 3.06. The number of furan rings is 1. The molecule has 3 aromatic rings. The molecule has 0 fully saturated rings. The van der Waals surface area contributed by atoms with Gasteiger partial charge >= 0.3 is 5.97 Å². The normalized spacial score (nSPS) is 10.8. The van der Waals surface area contributed by atoms with Crippen molar-refractivity contribution in [2.24, 2.45) is 7.05 Å². The molecule has 2 aromatic heterocycles. The van der Waals surface area contributed by atoms with Crippen LogP contribution in [-0.2, 0) is 11.8 Å². The van der Waals surface area contributed by atoms with Gasteiger partial charge < -0.3 is 14.5 Å². The highest BCUT2D eigenvalue weighted by molar-refractivity contribution is 6.09. The molecule has 0 radical (unpaired) electrons. The van der Waals surface area contributed by atoms with Crippen LogP contribution in [0.2, 0.25) is 0 Å². The summed E-state index contributed by atoms with van der Waals surface area (Å²) >= 11 is 0. The number of rotatable bonds is 3. The van der Waals surface area contributed by atoms with Crippen LogP contribution in [0.25, 0.3) is 11.0 Å². The number of hydrogen-bond acceptors (Lipinski definition) is 5. The molecular weight excluding hydrogens is 310 g/mol. The van der Waals surface area contributed by atoms with Crippen LogP contribution in [-0.4, -0.2) is 28.8 Å². The lowest BCUT2D eigenvalue weighted by molar-refractivity contribution is 0.0594. The molecule has 0 aliphatic rings. The zero-order valence-corrected chi connectivity index (χ0v) is 13.8. The van der Waals surface area contributed by atoms with Crippen LogP contribution in [0.5, 0.6) is 0 Å². The monoisotopic (exact) mass is 327 g/mol. The minimum Gasteiger partial charge on any atom is -0.464 e. The third-order valence-corrected chi connectivity index (χ3v) is 4.00. The van der Waals surface area contributed by atoms with Gasteiger partial charge in [0.05, 0.1) is 18.5 Å². The molecule has 3 rings (SSSR count). The van der Waals surface area contributed by atoms with Gasteiger partial charge in [-0.05, 0) is 19.9 Å². The maximum Gasteiger partial charge on any atom is 0.360 e. The number of para-hydroxylation sites is 1. The first-order valence-corrected chi connectivity index (χ1v) is 7.35. The maximum absolute atomic E-state index is 12.6. The Morgan fingerprint density at radius 1 is 1.25 bits per heavy atom. The number of aromatic nitrogens is 2. The quantitative estimate of drug-likeness (QED) is 0.748. The third-order valence-electron chi connectivity index (χ3n) is 4.00. The zero-order chi connectivity index (χ0) is 17.4. The Labute approximate surface area is 138 Å². The Kier molecular flexibility index (Phi) is 3.84. The molecule has 0 atom stereocenters. The number of anilines is 1. The first kappa shape index (κ1) is 15.8. The smallest absolute Gasteiger partial charge is 0.360 e. The van der Waals surface area contributed by atoms with E-state index >= 15 is 0 Å². The predicted octanol–water partition coefficient (Wildman–Crippen LogP) is 2.82. The molecule has 1 amide bonds. The molecule has 7 nitrogen and oxygen atoms in total. The second kappa shape index (κ2) is 5.84. The summed E-state index contributed by atoms with van der Waals surface area (Å²) in [5.41, 5.74) is 2.38. The van der Waals surface area contributed by atoms with Crippen LogP contribution >= 0.6 is 0 Å². The maximum atomic E-state index is 12.6. The second-order valence-electron chi connectivity index (χ2n) is 5.43. The standard InChI is InChI=1S/C17H17N3O4/c1-9-11-7-5-6-8-12(11)24-15(9)16(21)18-13-10(2)20(3)19-14(13)17(22)23-4/h5-8H,1-4H3,(H,18,21). The lowest BCUT2D eigenvalue weighted by Gasteiger charge is -2.05. The van der Waals surface area contributed by atoms with E-state index in [9.17, 15) is 9.59 Å². The summed E-state index contributed by atoms with van der Waals surface area (Å²) in [5.74, 6) is -0.851. The molecule has 1 N–H and O–H groups in total. The Morgan fingerprint density at radius 2 is 1.96 bits per heavy atom. The number of carbonyl (C=O) groups is 2. The number of fused-ring (bicyclic) bond motifs is 1. The summed E-state index contributed by atoms with van der Waals surface area (Å²) in [6, 6.07) is 7.41. The van der Waals surface area contributed by atoms with E-state index in [0.29, 0.717) is 17.0 Å². The van der Waals surface area contributed by atoms with Gasteiger partial charge in [-0.2, -0.15) is 5.10 Å². The van der Waals surface area contributed by atoms with Gasteiger partial charge in [-0.1, -0.05) is 18.2 Å². The van der Waals surface area contributed by atoms with Gasteiger partial charge in [-0.15, -0.1) is 0 Å². The summed E-state index contributed by atoms with van der Waals surface area (Å²) in [7, 11) is 2.95. The van der Waals surface area contributed by atoms with Crippen molar-refractivity contribution in [3.8, 4) is 0 Å². The van der Waals surface area contributed by atoms with Crippen LogP contribution < -0.4 is 5.32 Å². The van der Waals surface area contributed by atoms with E-state index < -0.39 is 11.9 Å². The number of benzene rings is 1. The molecule has 1 aromatic carbocycles. The van der Waals surface area contributed by atoms with Gasteiger partial charge in [0.2, 0.25) is 0 Å². The van der Waals surface area contributed by atoms with E-state index in [0.717, 1.165) is 10.9 Å². The van der Waals surface area contributed by atoms with Crippen LogP contribution in [0.3, 0.4) is 0 Å². The van der Waals surface area contributed by atoms with E-state index in [1.54, 1.807) is 20.0 Å². The Hall–Kier alpha value is -3.09. The topological polar surface area (TPSA) is 86.4 Å². The van der Waals surface area contributed by atoms with Gasteiger partial charge in [0.15, 0.2) is 11.5 Å². The van der Waals surface area contributed by atoms with E-state index in [-0.39, 0.29) is 11.5 Å². The number of ether oxygens (including phenoxy) is 1. The molecule has 0 aliphatic carbocycles. The Morgan fingerprint density at radius 3 is 2.62 bits per heavy atom. The molecule has 0 saturated carbocycles. The van der Waals surface area contributed by atoms with Gasteiger partial charge in [-0.3, -0.25) is 9.48 Å². The van der Waals surface area contributed by atoms with Crippen molar-refractivity contribution in [1.29, 1.82) is 0 Å². The number of nitrogens with zero attached hydrogens (tertiary/aromatic N) is 2. The van der Waals surface area contributed by atoms with Crippen molar-refractivity contribution >= 4 is 28.5 Å². The largest absolute Gasteiger partial charge is 0.464 e. The molecule has 0 saturated heterocycles. The molecule has 2 heterocycles. The summed E-state index contributed by atoms with van der Waals surface area (Å²) in [4.78, 5) is 24.5. The van der Waals surface area contributed by atoms with Gasteiger partial charge in [-0.25, -0.2) is 4.79 Å². The molecule has 7 heteroatoms. The van der Waals surface area contributed by atoms with Crippen LogP contribution in [0, 0.1) is 13.8 Å². The SMILES string of the molecule is COC(=O)c1nn(C)c(C)c1NC(=O)c1oc2ccccc2c1C. The molecule has 0 bridgehead atoms. The Balaban J connectivity index is 2.00. The number of esters is 1. The van der Waals surface area contributed by atoms with Gasteiger partial charge in [0, 0.05) is 18.0 Å². The Bertz CT molecular complexity index is 952. The van der Waals surface area contributed by atoms with E-state index in [1.807, 2.05) is 25.1 Å². The summed E-state index contributed by atoms with van der Waals surface area (Å²) in [5, 5.41) is 7.68. The van der Waals surface area contributed by atoms with Crippen molar-refractivity contribution in [2.75, 3.05) is 12.4 Å². The van der Waals surface area contributed by atoms with E-state index in [4.69, 9.17) is 9.15 Å². The molecular formula is C17H17N3O4.